The van der Waals surface area contributed by atoms with Gasteiger partial charge < -0.3 is 18.3 Å². The molecule has 2 heterocycles. The van der Waals surface area contributed by atoms with Crippen molar-refractivity contribution in [3.8, 4) is 56.4 Å². The predicted octanol–water partition coefficient (Wildman–Crippen LogP) is 17.8. The zero-order valence-corrected chi connectivity index (χ0v) is 44.5. The molecule has 8 aromatic carbocycles. The molecule has 0 amide bonds. The second-order valence-corrected chi connectivity index (χ2v) is 40.2. The molecular formula is C58H56Cl2O4SiZr-2. The van der Waals surface area contributed by atoms with Crippen LogP contribution in [0, 0.1) is 27.7 Å². The summed E-state index contributed by atoms with van der Waals surface area (Å²) >= 11 is -1.65. The Labute approximate surface area is 404 Å². The van der Waals surface area contributed by atoms with Gasteiger partial charge in [0.25, 0.3) is 0 Å². The first-order valence-electron chi connectivity index (χ1n) is 22.5. The van der Waals surface area contributed by atoms with Crippen LogP contribution in [0.2, 0.25) is 13.1 Å². The molecule has 0 aliphatic carbocycles. The first kappa shape index (κ1) is 47.4. The maximum absolute atomic E-state index is 5.98. The van der Waals surface area contributed by atoms with Crippen molar-refractivity contribution in [2.75, 3.05) is 14.2 Å². The Balaban J connectivity index is 0.000000160. The quantitative estimate of drug-likeness (QED) is 0.112. The Hall–Kier alpha value is -5.10. The molecule has 66 heavy (non-hydrogen) atoms. The van der Waals surface area contributed by atoms with E-state index in [1.807, 2.05) is 24.7 Å². The zero-order chi connectivity index (χ0) is 46.8. The van der Waals surface area contributed by atoms with Crippen molar-refractivity contribution in [3.05, 3.63) is 167 Å². The molecule has 0 aliphatic heterocycles. The van der Waals surface area contributed by atoms with Gasteiger partial charge in [-0.2, -0.15) is 0 Å². The van der Waals surface area contributed by atoms with E-state index in [-0.39, 0.29) is 5.43 Å². The molecule has 8 heteroatoms. The summed E-state index contributed by atoms with van der Waals surface area (Å²) in [7, 11) is 14.7. The molecule has 0 bridgehead atoms. The summed E-state index contributed by atoms with van der Waals surface area (Å²) in [5.74, 6) is 3.81. The van der Waals surface area contributed by atoms with Crippen LogP contribution < -0.4 is 9.47 Å². The summed E-state index contributed by atoms with van der Waals surface area (Å²) in [4.78, 5) is 0. The molecule has 0 saturated heterocycles. The summed E-state index contributed by atoms with van der Waals surface area (Å²) in [5.41, 5.74) is 14.5. The van der Waals surface area contributed by atoms with Crippen LogP contribution in [0.5, 0.6) is 11.5 Å². The fourth-order valence-corrected chi connectivity index (χ4v) is 9.45. The van der Waals surface area contributed by atoms with Crippen LogP contribution in [0.25, 0.3) is 88.0 Å². The number of benzene rings is 6. The first-order chi connectivity index (χ1) is 31.8. The molecule has 0 aliphatic rings. The van der Waals surface area contributed by atoms with Gasteiger partial charge in [-0.3, -0.25) is 0 Å². The molecule has 336 valence electrons. The average molecular weight is 1010 g/mol. The van der Waals surface area contributed by atoms with E-state index in [1.54, 1.807) is 14.2 Å². The van der Waals surface area contributed by atoms with E-state index >= 15 is 0 Å². The van der Waals surface area contributed by atoms with Crippen LogP contribution in [0.4, 0.5) is 0 Å². The summed E-state index contributed by atoms with van der Waals surface area (Å²) in [6.45, 7) is 17.2. The topological polar surface area (TPSA) is 44.7 Å². The molecular weight excluding hydrogens is 951 g/mol. The van der Waals surface area contributed by atoms with E-state index in [2.05, 4.69) is 164 Å². The minimum atomic E-state index is -1.65. The van der Waals surface area contributed by atoms with Crippen LogP contribution in [-0.2, 0) is 30.8 Å². The number of rotatable bonds is 8. The van der Waals surface area contributed by atoms with Gasteiger partial charge in [0.15, 0.2) is 0 Å². The summed E-state index contributed by atoms with van der Waals surface area (Å²) < 4.78 is 23.2. The number of ether oxygens (including phenoxy) is 2. The van der Waals surface area contributed by atoms with Gasteiger partial charge in [0.1, 0.15) is 11.5 Å². The fraction of sp³-hybridized carbons (Fsp3) is 0.207. The molecule has 0 radical (unpaired) electrons. The number of fused-ring (bicyclic) bond motifs is 4. The number of hydrogen-bond donors (Lipinski definition) is 0. The Morgan fingerprint density at radius 3 is 1.23 bits per heavy atom. The molecule has 0 fully saturated rings. The van der Waals surface area contributed by atoms with E-state index in [0.717, 1.165) is 90.8 Å². The summed E-state index contributed by atoms with van der Waals surface area (Å²) in [6, 6.07) is 43.7. The number of hydrogen-bond acceptors (Lipinski definition) is 4. The van der Waals surface area contributed by atoms with E-state index in [4.69, 9.17) is 35.3 Å². The van der Waals surface area contributed by atoms with Crippen molar-refractivity contribution < 1.29 is 36.3 Å². The number of methoxy groups -OCH3 is 2. The first-order valence-corrected chi connectivity index (χ1v) is 35.0. The molecule has 0 spiro atoms. The van der Waals surface area contributed by atoms with E-state index in [0.29, 0.717) is 0 Å². The molecule has 0 atom stereocenters. The van der Waals surface area contributed by atoms with Gasteiger partial charge in [-0.05, 0) is 120 Å². The third-order valence-electron chi connectivity index (χ3n) is 12.5. The van der Waals surface area contributed by atoms with Crippen molar-refractivity contribution in [1.29, 1.82) is 0 Å². The minimum absolute atomic E-state index is 0.224. The zero-order valence-electron chi connectivity index (χ0n) is 39.5. The van der Waals surface area contributed by atoms with Crippen LogP contribution in [0.15, 0.2) is 143 Å². The van der Waals surface area contributed by atoms with Crippen molar-refractivity contribution >= 4 is 65.5 Å². The Morgan fingerprint density at radius 1 is 0.530 bits per heavy atom. The second kappa shape index (κ2) is 20.4. The third kappa shape index (κ3) is 9.40. The van der Waals surface area contributed by atoms with Gasteiger partial charge >= 0.3 is 53.5 Å². The van der Waals surface area contributed by atoms with Crippen LogP contribution in [-0.4, -0.2) is 19.7 Å². The molecule has 10 rings (SSSR count). The third-order valence-corrected chi connectivity index (χ3v) is 32.3. The van der Waals surface area contributed by atoms with Gasteiger partial charge in [-0.1, -0.05) is 96.8 Å². The fourth-order valence-electron chi connectivity index (χ4n) is 9.45. The van der Waals surface area contributed by atoms with E-state index in [9.17, 15) is 0 Å². The van der Waals surface area contributed by atoms with Crippen molar-refractivity contribution in [3.63, 3.8) is 0 Å². The van der Waals surface area contributed by atoms with Gasteiger partial charge in [0.2, 0.25) is 0 Å². The van der Waals surface area contributed by atoms with Crippen LogP contribution in [0.3, 0.4) is 0 Å². The second-order valence-electron chi connectivity index (χ2n) is 17.3. The molecule has 4 nitrogen and oxygen atoms in total. The van der Waals surface area contributed by atoms with Gasteiger partial charge in [0, 0.05) is 10.8 Å². The monoisotopic (exact) mass is 1000 g/mol. The average Bonchev–Trinajstić information content (AvgIpc) is 4.13. The van der Waals surface area contributed by atoms with Gasteiger partial charge in [-0.15, -0.1) is 57.9 Å². The van der Waals surface area contributed by atoms with Crippen molar-refractivity contribution in [2.45, 2.75) is 67.5 Å². The van der Waals surface area contributed by atoms with Crippen LogP contribution in [0.1, 0.15) is 47.2 Å². The maximum atomic E-state index is 5.98. The molecule has 0 saturated carbocycles. The van der Waals surface area contributed by atoms with E-state index in [1.165, 1.54) is 54.9 Å². The molecule has 0 N–H and O–H groups in total. The summed E-state index contributed by atoms with van der Waals surface area (Å²) in [5, 5.41) is 9.60. The van der Waals surface area contributed by atoms with Crippen molar-refractivity contribution in [2.24, 2.45) is 0 Å². The SMILES string of the molecule is CCc1ccc2[cH-]c(-c3occ4ccccc34)cc2c1-c1cc(C)c(OC)c(C)c1.CCc1ccc2[cH-]c(-c3occ4ccccc34)cc2c1-c1cc(C)c(OC)c(C)c1.C[Si](C)=[Zr]([Cl])[Cl]. The number of halogens is 2. The number of furan rings is 2. The molecule has 2 aromatic heterocycles. The summed E-state index contributed by atoms with van der Waals surface area (Å²) in [6.07, 6.45) is 5.66. The Kier molecular flexibility index (Phi) is 14.7. The Bertz CT molecular complexity index is 3140. The molecule has 10 aromatic rings. The normalized spacial score (nSPS) is 11.2. The van der Waals surface area contributed by atoms with E-state index < -0.39 is 18.0 Å². The number of aryl methyl sites for hydroxylation is 6. The van der Waals surface area contributed by atoms with Crippen molar-refractivity contribution in [1.82, 2.24) is 0 Å². The van der Waals surface area contributed by atoms with Gasteiger partial charge in [-0.25, -0.2) is 0 Å². The van der Waals surface area contributed by atoms with Gasteiger partial charge in [0.05, 0.1) is 38.3 Å². The molecule has 0 unspecified atom stereocenters. The van der Waals surface area contributed by atoms with Crippen LogP contribution >= 0.6 is 17.0 Å². The predicted molar refractivity (Wildman–Crippen MR) is 280 cm³/mol. The standard InChI is InChI=1S/2C28H25O2.C2H6Si.2ClH.Zr/c2*1-5-19-10-11-20-14-23(28-24-9-7-6-8-21(24)16-30-28)15-25(20)26(19)22-12-17(2)27(29-4)18(3)13-22;1-3-2;;;/h2*6-16H,5H2,1-4H3;1-2H3;2*1H;/q2*-1;;;;+2/p-2. The Morgan fingerprint density at radius 2 is 0.894 bits per heavy atom.